The normalized spacial score (nSPS) is 16.8. The van der Waals surface area contributed by atoms with Crippen molar-refractivity contribution in [3.05, 3.63) is 72.3 Å². The Bertz CT molecular complexity index is 1600. The molecule has 2 amide bonds. The quantitative estimate of drug-likeness (QED) is 0.202. The van der Waals surface area contributed by atoms with Crippen LogP contribution < -0.4 is 20.4 Å². The van der Waals surface area contributed by atoms with Crippen LogP contribution in [0.2, 0.25) is 0 Å². The highest BCUT2D eigenvalue weighted by Gasteiger charge is 2.21. The summed E-state index contributed by atoms with van der Waals surface area (Å²) in [5.41, 5.74) is 9.40. The molecule has 11 heteroatoms. The summed E-state index contributed by atoms with van der Waals surface area (Å²) in [6.07, 6.45) is 0. The summed E-state index contributed by atoms with van der Waals surface area (Å²) in [6, 6.07) is 22.3. The first-order valence-corrected chi connectivity index (χ1v) is 16.7. The van der Waals surface area contributed by atoms with Crippen LogP contribution in [0.4, 0.5) is 16.2 Å². The van der Waals surface area contributed by atoms with E-state index in [-0.39, 0.29) is 18.1 Å². The zero-order chi connectivity index (χ0) is 32.8. The molecule has 2 fully saturated rings. The lowest BCUT2D eigenvalue weighted by Crippen LogP contribution is -2.54. The van der Waals surface area contributed by atoms with Gasteiger partial charge in [-0.3, -0.25) is 15.2 Å². The van der Waals surface area contributed by atoms with Crippen molar-refractivity contribution in [2.24, 2.45) is 0 Å². The molecule has 0 saturated carbocycles. The number of benzene rings is 3. The van der Waals surface area contributed by atoms with Crippen LogP contribution in [0.25, 0.3) is 22.4 Å². The number of urea groups is 1. The van der Waals surface area contributed by atoms with Crippen molar-refractivity contribution in [1.29, 1.82) is 0 Å². The Morgan fingerprint density at radius 2 is 1.55 bits per heavy atom. The zero-order valence-corrected chi connectivity index (χ0v) is 27.8. The summed E-state index contributed by atoms with van der Waals surface area (Å²) in [6.45, 7) is 15.8. The molecule has 2 aliphatic rings. The van der Waals surface area contributed by atoms with Crippen LogP contribution in [-0.4, -0.2) is 115 Å². The predicted molar refractivity (Wildman–Crippen MR) is 188 cm³/mol. The molecule has 4 aromatic rings. The van der Waals surface area contributed by atoms with Gasteiger partial charge in [0.15, 0.2) is 0 Å². The largest absolute Gasteiger partial charge is 0.492 e. The monoisotopic (exact) mass is 640 g/mol. The molecule has 4 N–H and O–H groups in total. The van der Waals surface area contributed by atoms with Gasteiger partial charge in [0.2, 0.25) is 0 Å². The maximum Gasteiger partial charge on any atom is 0.333 e. The van der Waals surface area contributed by atoms with Gasteiger partial charge in [0.05, 0.1) is 17.8 Å². The van der Waals surface area contributed by atoms with Crippen molar-refractivity contribution in [3.8, 4) is 17.1 Å². The molecule has 0 spiro atoms. The second-order valence-electron chi connectivity index (χ2n) is 13.4. The number of amides is 2. The van der Waals surface area contributed by atoms with Crippen molar-refractivity contribution < 1.29 is 14.6 Å². The average Bonchev–Trinajstić information content (AvgIpc) is 3.52. The zero-order valence-electron chi connectivity index (χ0n) is 27.8. The number of piperazine rings is 2. The van der Waals surface area contributed by atoms with E-state index in [0.29, 0.717) is 18.8 Å². The van der Waals surface area contributed by atoms with Crippen molar-refractivity contribution >= 4 is 28.4 Å². The summed E-state index contributed by atoms with van der Waals surface area (Å²) in [7, 11) is 0. The van der Waals surface area contributed by atoms with Gasteiger partial charge in [0, 0.05) is 76.7 Å². The Hall–Kier alpha value is -4.16. The van der Waals surface area contributed by atoms with Crippen molar-refractivity contribution in [2.45, 2.75) is 26.2 Å². The van der Waals surface area contributed by atoms with E-state index in [2.05, 4.69) is 93.7 Å². The molecule has 1 aromatic heterocycles. The number of hydrogen-bond acceptors (Lipinski definition) is 8. The van der Waals surface area contributed by atoms with Gasteiger partial charge in [-0.25, -0.2) is 14.8 Å². The number of fused-ring (bicyclic) bond motifs is 1. The molecule has 0 radical (unpaired) electrons. The van der Waals surface area contributed by atoms with E-state index in [0.717, 1.165) is 87.1 Å². The second kappa shape index (κ2) is 14.7. The Labute approximate surface area is 277 Å². The third kappa shape index (κ3) is 8.41. The van der Waals surface area contributed by atoms with E-state index in [1.165, 1.54) is 11.3 Å². The molecule has 0 bridgehead atoms. The standard InChI is InChI=1S/C36H48N8O3/c1-36(2,3)28-9-7-27(8-10-28)34-38-31-5-4-6-32(33(31)39-34)43-19-15-42(16-20-43)24-26-47-30-13-11-29(12-14-30)37-35(46)40-44-21-17-41(18-22-44)23-25-45/h4-14,45H,15-26H2,1-3H3,(H,38,39)(H2,37,40,46). The van der Waals surface area contributed by atoms with E-state index < -0.39 is 0 Å². The Morgan fingerprint density at radius 3 is 2.23 bits per heavy atom. The number of hydrazine groups is 1. The van der Waals surface area contributed by atoms with Gasteiger partial charge in [0.25, 0.3) is 0 Å². The number of nitrogens with zero attached hydrogens (tertiary/aromatic N) is 5. The number of aliphatic hydroxyl groups excluding tert-OH is 1. The molecule has 3 aromatic carbocycles. The van der Waals surface area contributed by atoms with E-state index in [9.17, 15) is 4.79 Å². The molecule has 2 aliphatic heterocycles. The Morgan fingerprint density at radius 1 is 0.872 bits per heavy atom. The Kier molecular flexibility index (Phi) is 10.3. The van der Waals surface area contributed by atoms with Crippen LogP contribution in [0.15, 0.2) is 66.7 Å². The van der Waals surface area contributed by atoms with E-state index in [4.69, 9.17) is 14.8 Å². The van der Waals surface area contributed by atoms with Crippen molar-refractivity contribution in [1.82, 2.24) is 30.2 Å². The number of imidazole rings is 1. The third-order valence-corrected chi connectivity index (χ3v) is 9.07. The number of carbonyl (C=O) groups excluding carboxylic acids is 1. The van der Waals surface area contributed by atoms with Crippen molar-refractivity contribution in [3.63, 3.8) is 0 Å². The minimum absolute atomic E-state index is 0.122. The molecular weight excluding hydrogens is 592 g/mol. The minimum Gasteiger partial charge on any atom is -0.492 e. The summed E-state index contributed by atoms with van der Waals surface area (Å²) >= 11 is 0. The number of rotatable bonds is 10. The number of anilines is 2. The number of nitrogens with one attached hydrogen (secondary N) is 3. The average molecular weight is 641 g/mol. The van der Waals surface area contributed by atoms with Crippen LogP contribution in [0.3, 0.4) is 0 Å². The van der Waals surface area contributed by atoms with Crippen molar-refractivity contribution in [2.75, 3.05) is 88.9 Å². The lowest BCUT2D eigenvalue weighted by Gasteiger charge is -2.36. The van der Waals surface area contributed by atoms with Gasteiger partial charge in [-0.1, -0.05) is 51.1 Å². The van der Waals surface area contributed by atoms with Gasteiger partial charge >= 0.3 is 6.03 Å². The first-order valence-electron chi connectivity index (χ1n) is 16.7. The SMILES string of the molecule is CC(C)(C)c1ccc(-c2nc3c(N4CCN(CCOc5ccc(NC(=O)NN6CCN(CCO)CC6)cc5)CC4)cccc3[nH]2)cc1. The summed E-state index contributed by atoms with van der Waals surface area (Å²) in [5.74, 6) is 1.68. The summed E-state index contributed by atoms with van der Waals surface area (Å²) in [4.78, 5) is 28.1. The lowest BCUT2D eigenvalue weighted by atomic mass is 9.87. The van der Waals surface area contributed by atoms with Gasteiger partial charge in [-0.15, -0.1) is 0 Å². The number of aromatic amines is 1. The molecule has 250 valence electrons. The fraction of sp³-hybridized carbons (Fsp3) is 0.444. The third-order valence-electron chi connectivity index (χ3n) is 9.07. The highest BCUT2D eigenvalue weighted by molar-refractivity contribution is 5.91. The van der Waals surface area contributed by atoms with Crippen LogP contribution in [0.1, 0.15) is 26.3 Å². The molecule has 0 aliphatic carbocycles. The van der Waals surface area contributed by atoms with E-state index in [1.807, 2.05) is 29.3 Å². The summed E-state index contributed by atoms with van der Waals surface area (Å²) < 4.78 is 6.03. The fourth-order valence-corrected chi connectivity index (χ4v) is 6.20. The van der Waals surface area contributed by atoms with Crippen LogP contribution in [0, 0.1) is 0 Å². The van der Waals surface area contributed by atoms with Gasteiger partial charge in [0.1, 0.15) is 23.7 Å². The second-order valence-corrected chi connectivity index (χ2v) is 13.4. The number of aliphatic hydroxyl groups is 1. The topological polar surface area (TPSA) is 112 Å². The first kappa shape index (κ1) is 32.8. The highest BCUT2D eigenvalue weighted by atomic mass is 16.5. The molecule has 3 heterocycles. The van der Waals surface area contributed by atoms with E-state index >= 15 is 0 Å². The maximum absolute atomic E-state index is 12.4. The first-order chi connectivity index (χ1) is 22.7. The van der Waals surface area contributed by atoms with E-state index in [1.54, 1.807) is 0 Å². The molecule has 0 unspecified atom stereocenters. The molecule has 2 saturated heterocycles. The molecule has 6 rings (SSSR count). The maximum atomic E-state index is 12.4. The van der Waals surface area contributed by atoms with Gasteiger partial charge in [-0.05, 0) is 47.4 Å². The number of hydrogen-bond donors (Lipinski definition) is 4. The number of β-amino-alcohol motifs (C(OH)–C–C–N with tert-alkyl or cyclic N) is 1. The molecule has 0 atom stereocenters. The van der Waals surface area contributed by atoms with Crippen LogP contribution in [0.5, 0.6) is 5.75 Å². The minimum atomic E-state index is -0.261. The molecule has 47 heavy (non-hydrogen) atoms. The smallest absolute Gasteiger partial charge is 0.333 e. The van der Waals surface area contributed by atoms with Gasteiger partial charge in [-0.2, -0.15) is 0 Å². The highest BCUT2D eigenvalue weighted by Crippen LogP contribution is 2.30. The number of aromatic nitrogens is 2. The Balaban J connectivity index is 0.940. The summed E-state index contributed by atoms with van der Waals surface area (Å²) in [5, 5.41) is 13.9. The molecular formula is C36H48N8O3. The lowest BCUT2D eigenvalue weighted by molar-refractivity contribution is 0.0882. The van der Waals surface area contributed by atoms with Crippen LogP contribution in [-0.2, 0) is 5.41 Å². The number of ether oxygens (including phenoxy) is 1. The van der Waals surface area contributed by atoms with Crippen LogP contribution >= 0.6 is 0 Å². The number of H-pyrrole nitrogens is 1. The number of para-hydroxylation sites is 1. The molecule has 11 nitrogen and oxygen atoms in total. The predicted octanol–water partition coefficient (Wildman–Crippen LogP) is 4.37. The fourth-order valence-electron chi connectivity index (χ4n) is 6.20. The van der Waals surface area contributed by atoms with Gasteiger partial charge < -0.3 is 25.0 Å². The number of carbonyl (C=O) groups is 1.